The summed E-state index contributed by atoms with van der Waals surface area (Å²) in [5.41, 5.74) is 0.0961. The fraction of sp³-hybridized carbons (Fsp3) is 0.462. The molecule has 1 aliphatic rings. The van der Waals surface area contributed by atoms with E-state index in [2.05, 4.69) is 0 Å². The van der Waals surface area contributed by atoms with Crippen molar-refractivity contribution in [2.75, 3.05) is 13.1 Å². The van der Waals surface area contributed by atoms with Gasteiger partial charge in [-0.05, 0) is 42.5 Å². The number of carbonyl (C=O) groups excluding carboxylic acids is 1. The van der Waals surface area contributed by atoms with Gasteiger partial charge in [-0.2, -0.15) is 13.2 Å². The molecular weight excluding hydrogens is 340 g/mol. The number of alkyl halides is 3. The number of likely N-dealkylation sites (tertiary alicyclic amines) is 1. The average Bonchev–Trinajstić information content (AvgIpc) is 2.83. The van der Waals surface area contributed by atoms with Crippen LogP contribution in [0.1, 0.15) is 12.0 Å². The minimum atomic E-state index is -4.94. The standard InChI is InChI=1S/C13H14F4N2O3S/c14-10-1-2-11(23(18,21)22)9(6-10)5-8-3-4-19(7-8)12(20)13(15,16)17/h1-2,6,8H,3-5,7H2,(H2,18,21,22)/t8-/m0/s1. The van der Waals surface area contributed by atoms with Crippen LogP contribution in [-0.4, -0.2) is 38.5 Å². The van der Waals surface area contributed by atoms with E-state index in [9.17, 15) is 30.8 Å². The van der Waals surface area contributed by atoms with Crippen LogP contribution in [0.5, 0.6) is 0 Å². The highest BCUT2D eigenvalue weighted by Crippen LogP contribution is 2.28. The lowest BCUT2D eigenvalue weighted by molar-refractivity contribution is -0.184. The molecular formula is C13H14F4N2O3S. The van der Waals surface area contributed by atoms with Crippen molar-refractivity contribution in [1.29, 1.82) is 0 Å². The normalized spacial score (nSPS) is 19.2. The number of sulfonamides is 1. The Balaban J connectivity index is 2.16. The first-order valence-electron chi connectivity index (χ1n) is 6.66. The summed E-state index contributed by atoms with van der Waals surface area (Å²) in [4.78, 5) is 11.6. The molecule has 1 aromatic carbocycles. The minimum absolute atomic E-state index is 0.0190. The molecule has 0 spiro atoms. The summed E-state index contributed by atoms with van der Waals surface area (Å²) in [6, 6.07) is 2.96. The van der Waals surface area contributed by atoms with E-state index < -0.39 is 33.8 Å². The highest BCUT2D eigenvalue weighted by atomic mass is 32.2. The van der Waals surface area contributed by atoms with Gasteiger partial charge in [0.05, 0.1) is 4.90 Å². The van der Waals surface area contributed by atoms with Gasteiger partial charge >= 0.3 is 12.1 Å². The second kappa shape index (κ2) is 6.08. The molecule has 2 N–H and O–H groups in total. The number of halogens is 4. The van der Waals surface area contributed by atoms with Crippen LogP contribution in [0.15, 0.2) is 23.1 Å². The van der Waals surface area contributed by atoms with Crippen molar-refractivity contribution >= 4 is 15.9 Å². The van der Waals surface area contributed by atoms with Crippen LogP contribution >= 0.6 is 0 Å². The molecule has 1 saturated heterocycles. The van der Waals surface area contributed by atoms with Crippen molar-refractivity contribution in [3.8, 4) is 0 Å². The molecule has 0 bridgehead atoms. The van der Waals surface area contributed by atoms with Gasteiger partial charge in [0.1, 0.15) is 5.82 Å². The fourth-order valence-corrected chi connectivity index (χ4v) is 3.42. The first kappa shape index (κ1) is 17.7. The number of amides is 1. The molecule has 1 fully saturated rings. The van der Waals surface area contributed by atoms with Gasteiger partial charge in [0.15, 0.2) is 0 Å². The smallest absolute Gasteiger partial charge is 0.335 e. The molecule has 0 aromatic heterocycles. The largest absolute Gasteiger partial charge is 0.471 e. The maximum atomic E-state index is 13.3. The predicted molar refractivity (Wildman–Crippen MR) is 72.2 cm³/mol. The Morgan fingerprint density at radius 3 is 2.57 bits per heavy atom. The molecule has 1 aromatic rings. The third-order valence-corrected chi connectivity index (χ3v) is 4.66. The number of primary sulfonamides is 1. The van der Waals surface area contributed by atoms with Crippen LogP contribution in [0.2, 0.25) is 0 Å². The Bertz CT molecular complexity index is 718. The van der Waals surface area contributed by atoms with Gasteiger partial charge in [0.2, 0.25) is 10.0 Å². The highest BCUT2D eigenvalue weighted by molar-refractivity contribution is 7.89. The topological polar surface area (TPSA) is 80.5 Å². The molecule has 2 rings (SSSR count). The van der Waals surface area contributed by atoms with Crippen LogP contribution in [0.25, 0.3) is 0 Å². The molecule has 1 atom stereocenters. The van der Waals surface area contributed by atoms with Crippen LogP contribution in [0.4, 0.5) is 17.6 Å². The van der Waals surface area contributed by atoms with Crippen molar-refractivity contribution in [3.05, 3.63) is 29.6 Å². The summed E-state index contributed by atoms with van der Waals surface area (Å²) in [7, 11) is -4.07. The number of benzene rings is 1. The first-order valence-corrected chi connectivity index (χ1v) is 8.20. The Labute approximate surface area is 130 Å². The molecule has 128 valence electrons. The summed E-state index contributed by atoms with van der Waals surface area (Å²) >= 11 is 0. The fourth-order valence-electron chi connectivity index (χ4n) is 2.66. The number of rotatable bonds is 3. The lowest BCUT2D eigenvalue weighted by atomic mass is 9.98. The van der Waals surface area contributed by atoms with E-state index in [1.54, 1.807) is 0 Å². The molecule has 1 heterocycles. The summed E-state index contributed by atoms with van der Waals surface area (Å²) in [5, 5.41) is 5.05. The van der Waals surface area contributed by atoms with E-state index in [-0.39, 0.29) is 36.4 Å². The van der Waals surface area contributed by atoms with Crippen LogP contribution in [0.3, 0.4) is 0 Å². The van der Waals surface area contributed by atoms with E-state index in [0.717, 1.165) is 18.2 Å². The van der Waals surface area contributed by atoms with Gasteiger partial charge in [-0.3, -0.25) is 4.79 Å². The van der Waals surface area contributed by atoms with Crippen molar-refractivity contribution in [3.63, 3.8) is 0 Å². The quantitative estimate of drug-likeness (QED) is 0.834. The first-order chi connectivity index (χ1) is 10.5. The van der Waals surface area contributed by atoms with Gasteiger partial charge in [-0.1, -0.05) is 0 Å². The second-order valence-corrected chi connectivity index (χ2v) is 6.93. The molecule has 0 unspecified atom stereocenters. The van der Waals surface area contributed by atoms with Crippen molar-refractivity contribution in [1.82, 2.24) is 4.90 Å². The van der Waals surface area contributed by atoms with E-state index in [4.69, 9.17) is 5.14 Å². The summed E-state index contributed by atoms with van der Waals surface area (Å²) < 4.78 is 73.5. The van der Waals surface area contributed by atoms with Gasteiger partial charge in [0, 0.05) is 13.1 Å². The molecule has 1 aliphatic heterocycles. The van der Waals surface area contributed by atoms with Gasteiger partial charge in [0.25, 0.3) is 0 Å². The Morgan fingerprint density at radius 2 is 2.00 bits per heavy atom. The van der Waals surface area contributed by atoms with Crippen LogP contribution in [-0.2, 0) is 21.2 Å². The molecule has 10 heteroatoms. The molecule has 0 radical (unpaired) electrons. The number of carbonyl (C=O) groups is 1. The maximum Gasteiger partial charge on any atom is 0.471 e. The Hall–Kier alpha value is -1.68. The van der Waals surface area contributed by atoms with Gasteiger partial charge in [-0.25, -0.2) is 17.9 Å². The number of hydrogen-bond acceptors (Lipinski definition) is 3. The van der Waals surface area contributed by atoms with E-state index in [1.807, 2.05) is 0 Å². The monoisotopic (exact) mass is 354 g/mol. The minimum Gasteiger partial charge on any atom is -0.335 e. The lowest BCUT2D eigenvalue weighted by Gasteiger charge is -2.18. The molecule has 1 amide bonds. The second-order valence-electron chi connectivity index (χ2n) is 5.40. The van der Waals surface area contributed by atoms with Gasteiger partial charge < -0.3 is 4.90 Å². The summed E-state index contributed by atoms with van der Waals surface area (Å²) in [6.45, 7) is -0.248. The van der Waals surface area contributed by atoms with Crippen molar-refractivity contribution in [2.45, 2.75) is 23.9 Å². The molecule has 0 aliphatic carbocycles. The highest BCUT2D eigenvalue weighted by Gasteiger charge is 2.44. The predicted octanol–water partition coefficient (Wildman–Crippen LogP) is 1.43. The van der Waals surface area contributed by atoms with E-state index in [1.165, 1.54) is 0 Å². The lowest BCUT2D eigenvalue weighted by Crippen LogP contribution is -2.39. The zero-order valence-electron chi connectivity index (χ0n) is 11.8. The average molecular weight is 354 g/mol. The van der Waals surface area contributed by atoms with Crippen LogP contribution in [0, 0.1) is 11.7 Å². The molecule has 5 nitrogen and oxygen atoms in total. The zero-order chi connectivity index (χ0) is 17.4. The number of hydrogen-bond donors (Lipinski definition) is 1. The van der Waals surface area contributed by atoms with E-state index >= 15 is 0 Å². The SMILES string of the molecule is NS(=O)(=O)c1ccc(F)cc1C[C@@H]1CCN(C(=O)C(F)(F)F)C1. The van der Waals surface area contributed by atoms with Gasteiger partial charge in [-0.15, -0.1) is 0 Å². The Morgan fingerprint density at radius 1 is 1.35 bits per heavy atom. The third-order valence-electron chi connectivity index (χ3n) is 3.65. The van der Waals surface area contributed by atoms with Crippen LogP contribution < -0.4 is 5.14 Å². The molecule has 0 saturated carbocycles. The third kappa shape index (κ3) is 4.20. The van der Waals surface area contributed by atoms with E-state index in [0.29, 0.717) is 4.90 Å². The number of nitrogens with zero attached hydrogens (tertiary/aromatic N) is 1. The zero-order valence-corrected chi connectivity index (χ0v) is 12.6. The maximum absolute atomic E-state index is 13.3. The summed E-state index contributed by atoms with van der Waals surface area (Å²) in [5.74, 6) is -3.00. The summed E-state index contributed by atoms with van der Waals surface area (Å²) in [6.07, 6.45) is -4.66. The van der Waals surface area contributed by atoms with Crippen molar-refractivity contribution in [2.24, 2.45) is 11.1 Å². The molecule has 23 heavy (non-hydrogen) atoms. The number of nitrogens with two attached hydrogens (primary N) is 1. The Kier molecular flexibility index (Phi) is 4.67. The van der Waals surface area contributed by atoms with Crippen molar-refractivity contribution < 1.29 is 30.8 Å².